The summed E-state index contributed by atoms with van der Waals surface area (Å²) in [6.45, 7) is 3.27. The highest BCUT2D eigenvalue weighted by atomic mass is 32.2. The van der Waals surface area contributed by atoms with Crippen LogP contribution in [-0.2, 0) is 14.3 Å². The summed E-state index contributed by atoms with van der Waals surface area (Å²) in [5.41, 5.74) is 3.90. The number of carbonyl (C=O) groups is 3. The van der Waals surface area contributed by atoms with Crippen LogP contribution in [-0.4, -0.2) is 65.7 Å². The zero-order valence-electron chi connectivity index (χ0n) is 19.3. The summed E-state index contributed by atoms with van der Waals surface area (Å²) >= 11 is 1.42. The predicted molar refractivity (Wildman–Crippen MR) is 132 cm³/mol. The molecule has 2 amide bonds. The molecule has 0 spiro atoms. The molecule has 1 aliphatic carbocycles. The third-order valence-corrected chi connectivity index (χ3v) is 7.87. The van der Waals surface area contributed by atoms with E-state index in [-0.39, 0.29) is 30.7 Å². The van der Waals surface area contributed by atoms with E-state index in [0.717, 1.165) is 0 Å². The highest BCUT2D eigenvalue weighted by molar-refractivity contribution is 7.99. The minimum atomic E-state index is -0.828. The van der Waals surface area contributed by atoms with Crippen molar-refractivity contribution in [1.29, 1.82) is 0 Å². The lowest BCUT2D eigenvalue weighted by molar-refractivity contribution is -0.148. The molecule has 8 heteroatoms. The van der Waals surface area contributed by atoms with Crippen LogP contribution in [0.1, 0.15) is 36.8 Å². The van der Waals surface area contributed by atoms with Crippen LogP contribution in [0.2, 0.25) is 0 Å². The van der Waals surface area contributed by atoms with Crippen molar-refractivity contribution >= 4 is 29.7 Å². The van der Waals surface area contributed by atoms with E-state index in [0.29, 0.717) is 31.7 Å². The van der Waals surface area contributed by atoms with E-state index >= 15 is 0 Å². The van der Waals surface area contributed by atoms with E-state index in [1.165, 1.54) is 34.0 Å². The van der Waals surface area contributed by atoms with Crippen LogP contribution >= 0.6 is 11.8 Å². The van der Waals surface area contributed by atoms with Gasteiger partial charge in [-0.15, -0.1) is 0 Å². The number of benzene rings is 2. The van der Waals surface area contributed by atoms with Gasteiger partial charge in [0.2, 0.25) is 5.91 Å². The van der Waals surface area contributed by atoms with E-state index < -0.39 is 17.5 Å². The number of nitrogens with one attached hydrogen (secondary N) is 1. The number of carbonyl (C=O) groups excluding carboxylic acids is 2. The monoisotopic (exact) mass is 482 g/mol. The summed E-state index contributed by atoms with van der Waals surface area (Å²) in [5.74, 6) is -0.0208. The SMILES string of the molecule is CCC1(C(=O)O)CCN(C(=O)CSCCNC(=O)OCC2c3ccccc3-c3ccccc32)C1. The van der Waals surface area contributed by atoms with E-state index in [2.05, 4.69) is 29.6 Å². The van der Waals surface area contributed by atoms with Crippen molar-refractivity contribution < 1.29 is 24.2 Å². The molecule has 1 aliphatic heterocycles. The number of fused-ring (bicyclic) bond motifs is 3. The third kappa shape index (κ3) is 4.92. The maximum Gasteiger partial charge on any atom is 0.407 e. The van der Waals surface area contributed by atoms with Gasteiger partial charge < -0.3 is 20.1 Å². The van der Waals surface area contributed by atoms with Crippen molar-refractivity contribution in [2.75, 3.05) is 37.7 Å². The highest BCUT2D eigenvalue weighted by Crippen LogP contribution is 2.44. The van der Waals surface area contributed by atoms with Crippen molar-refractivity contribution in [3.05, 3.63) is 59.7 Å². The van der Waals surface area contributed by atoms with Crippen molar-refractivity contribution in [3.8, 4) is 11.1 Å². The quantitative estimate of drug-likeness (QED) is 0.525. The van der Waals surface area contributed by atoms with Crippen LogP contribution < -0.4 is 5.32 Å². The molecular weight excluding hydrogens is 452 g/mol. The van der Waals surface area contributed by atoms with Gasteiger partial charge in [0, 0.05) is 31.3 Å². The molecule has 0 radical (unpaired) electrons. The van der Waals surface area contributed by atoms with Gasteiger partial charge in [0.15, 0.2) is 0 Å². The van der Waals surface area contributed by atoms with Gasteiger partial charge in [-0.1, -0.05) is 55.5 Å². The molecule has 2 aromatic carbocycles. The number of carboxylic acid groups (broad SMARTS) is 1. The Balaban J connectivity index is 1.17. The van der Waals surface area contributed by atoms with Crippen LogP contribution in [0.3, 0.4) is 0 Å². The number of carboxylic acids is 1. The predicted octanol–water partition coefficient (Wildman–Crippen LogP) is 3.97. The van der Waals surface area contributed by atoms with Gasteiger partial charge in [-0.25, -0.2) is 4.79 Å². The van der Waals surface area contributed by atoms with Gasteiger partial charge in [-0.2, -0.15) is 11.8 Å². The first-order valence-electron chi connectivity index (χ1n) is 11.6. The zero-order valence-corrected chi connectivity index (χ0v) is 20.1. The Hall–Kier alpha value is -3.00. The molecule has 1 unspecified atom stereocenters. The fourth-order valence-electron chi connectivity index (χ4n) is 4.83. The van der Waals surface area contributed by atoms with Crippen LogP contribution in [0.15, 0.2) is 48.5 Å². The Kier molecular flexibility index (Phi) is 7.46. The number of hydrogen-bond acceptors (Lipinski definition) is 5. The molecule has 2 aliphatic rings. The second-order valence-corrected chi connectivity index (χ2v) is 9.91. The lowest BCUT2D eigenvalue weighted by Crippen LogP contribution is -2.37. The molecule has 2 aromatic rings. The molecule has 1 fully saturated rings. The Labute approximate surface area is 203 Å². The number of rotatable bonds is 9. The van der Waals surface area contributed by atoms with Crippen molar-refractivity contribution in [1.82, 2.24) is 10.2 Å². The number of hydrogen-bond donors (Lipinski definition) is 2. The Morgan fingerprint density at radius 2 is 1.76 bits per heavy atom. The van der Waals surface area contributed by atoms with E-state index in [4.69, 9.17) is 4.74 Å². The average Bonchev–Trinajstić information content (AvgIpc) is 3.43. The molecule has 0 bridgehead atoms. The fourth-order valence-corrected chi connectivity index (χ4v) is 5.57. The van der Waals surface area contributed by atoms with Crippen molar-refractivity contribution in [3.63, 3.8) is 0 Å². The third-order valence-electron chi connectivity index (χ3n) is 6.92. The summed E-state index contributed by atoms with van der Waals surface area (Å²) in [6.07, 6.45) is 0.546. The summed E-state index contributed by atoms with van der Waals surface area (Å²) in [4.78, 5) is 37.8. The first kappa shape index (κ1) is 24.1. The van der Waals surface area contributed by atoms with Crippen LogP contribution in [0.4, 0.5) is 4.79 Å². The number of aliphatic carboxylic acids is 1. The molecule has 0 aromatic heterocycles. The number of alkyl carbamates (subject to hydrolysis) is 1. The summed E-state index contributed by atoms with van der Waals surface area (Å²) in [5, 5.41) is 12.2. The maximum atomic E-state index is 12.4. The second-order valence-electron chi connectivity index (χ2n) is 8.81. The topological polar surface area (TPSA) is 95.9 Å². The molecule has 4 rings (SSSR count). The Morgan fingerprint density at radius 1 is 1.12 bits per heavy atom. The number of amides is 2. The van der Waals surface area contributed by atoms with E-state index in [9.17, 15) is 19.5 Å². The van der Waals surface area contributed by atoms with Gasteiger partial charge in [0.05, 0.1) is 11.2 Å². The minimum absolute atomic E-state index is 0.0200. The molecule has 180 valence electrons. The molecule has 34 heavy (non-hydrogen) atoms. The maximum absolute atomic E-state index is 12.4. The summed E-state index contributed by atoms with van der Waals surface area (Å²) in [6, 6.07) is 16.4. The first-order valence-corrected chi connectivity index (χ1v) is 12.8. The molecule has 1 atom stereocenters. The number of nitrogens with zero attached hydrogens (tertiary/aromatic N) is 1. The molecular formula is C26H30N2O5S. The lowest BCUT2D eigenvalue weighted by atomic mass is 9.84. The van der Waals surface area contributed by atoms with Gasteiger partial charge in [-0.05, 0) is 35.1 Å². The van der Waals surface area contributed by atoms with Gasteiger partial charge >= 0.3 is 12.1 Å². The standard InChI is InChI=1S/C26H30N2O5S/c1-2-26(24(30)31)11-13-28(17-26)23(29)16-34-14-12-27-25(32)33-15-22-20-9-5-3-7-18(20)19-8-4-6-10-21(19)22/h3-10,22H,2,11-17H2,1H3,(H,27,32)(H,30,31). The van der Waals surface area contributed by atoms with E-state index in [1.807, 2.05) is 31.2 Å². The fraction of sp³-hybridized carbons (Fsp3) is 0.423. The summed E-state index contributed by atoms with van der Waals surface area (Å²) < 4.78 is 5.52. The van der Waals surface area contributed by atoms with Crippen LogP contribution in [0.25, 0.3) is 11.1 Å². The lowest BCUT2D eigenvalue weighted by Gasteiger charge is -2.23. The zero-order chi connectivity index (χ0) is 24.1. The smallest absolute Gasteiger partial charge is 0.407 e. The second kappa shape index (κ2) is 10.5. The summed E-state index contributed by atoms with van der Waals surface area (Å²) in [7, 11) is 0. The Bertz CT molecular complexity index is 1030. The molecule has 1 saturated heterocycles. The first-order chi connectivity index (χ1) is 16.4. The van der Waals surface area contributed by atoms with Crippen LogP contribution in [0.5, 0.6) is 0 Å². The molecule has 1 heterocycles. The molecule has 2 N–H and O–H groups in total. The number of likely N-dealkylation sites (tertiary alicyclic amines) is 1. The number of ether oxygens (including phenoxy) is 1. The molecule has 0 saturated carbocycles. The van der Waals surface area contributed by atoms with Crippen molar-refractivity contribution in [2.45, 2.75) is 25.7 Å². The number of thioether (sulfide) groups is 1. The van der Waals surface area contributed by atoms with Gasteiger partial charge in [0.25, 0.3) is 0 Å². The highest BCUT2D eigenvalue weighted by Gasteiger charge is 2.44. The van der Waals surface area contributed by atoms with Gasteiger partial charge in [-0.3, -0.25) is 9.59 Å². The van der Waals surface area contributed by atoms with Crippen molar-refractivity contribution in [2.24, 2.45) is 5.41 Å². The van der Waals surface area contributed by atoms with Crippen LogP contribution in [0, 0.1) is 5.41 Å². The van der Waals surface area contributed by atoms with Gasteiger partial charge in [0.1, 0.15) is 6.61 Å². The Morgan fingerprint density at radius 3 is 2.35 bits per heavy atom. The molecule has 7 nitrogen and oxygen atoms in total. The average molecular weight is 483 g/mol. The minimum Gasteiger partial charge on any atom is -0.481 e. The largest absolute Gasteiger partial charge is 0.481 e. The normalized spacial score (nSPS) is 18.9. The van der Waals surface area contributed by atoms with E-state index in [1.54, 1.807) is 4.90 Å².